The molecule has 2 aliphatic heterocycles. The third kappa shape index (κ3) is 4.36. The normalized spacial score (nSPS) is 19.9. The van der Waals surface area contributed by atoms with Crippen molar-refractivity contribution in [3.63, 3.8) is 0 Å². The number of piperidine rings is 1. The summed E-state index contributed by atoms with van der Waals surface area (Å²) in [6.45, 7) is 4.60. The lowest BCUT2D eigenvalue weighted by Crippen LogP contribution is -2.52. The number of H-pyrrole nitrogens is 1. The van der Waals surface area contributed by atoms with Gasteiger partial charge in [-0.15, -0.1) is 0 Å². The molecule has 2 fully saturated rings. The molecule has 1 N–H and O–H groups in total. The van der Waals surface area contributed by atoms with Crippen LogP contribution in [0.25, 0.3) is 0 Å². The number of carbonyl (C=O) groups is 1. The average Bonchev–Trinajstić information content (AvgIpc) is 2.79. The number of benzene rings is 1. The summed E-state index contributed by atoms with van der Waals surface area (Å²) in [7, 11) is 1.66. The summed E-state index contributed by atoms with van der Waals surface area (Å²) in [5, 5.41) is 6.28. The number of hydrogen-bond acceptors (Lipinski definition) is 6. The highest BCUT2D eigenvalue weighted by atomic mass is 16.5. The minimum Gasteiger partial charge on any atom is -0.497 e. The molecule has 0 unspecified atom stereocenters. The number of piperazine rings is 1. The zero-order valence-electron chi connectivity index (χ0n) is 16.7. The van der Waals surface area contributed by atoms with Gasteiger partial charge in [0, 0.05) is 51.0 Å². The Labute approximate surface area is 170 Å². The molecule has 2 saturated heterocycles. The molecule has 1 aromatic carbocycles. The quantitative estimate of drug-likeness (QED) is 0.839. The molecule has 8 nitrogen and oxygen atoms in total. The fourth-order valence-electron chi connectivity index (χ4n) is 4.19. The van der Waals surface area contributed by atoms with Crippen molar-refractivity contribution in [1.29, 1.82) is 0 Å². The van der Waals surface area contributed by atoms with E-state index in [1.165, 1.54) is 0 Å². The van der Waals surface area contributed by atoms with E-state index < -0.39 is 0 Å². The zero-order chi connectivity index (χ0) is 20.2. The van der Waals surface area contributed by atoms with E-state index >= 15 is 0 Å². The van der Waals surface area contributed by atoms with E-state index in [-0.39, 0.29) is 17.4 Å². The maximum atomic E-state index is 13.1. The van der Waals surface area contributed by atoms with Gasteiger partial charge in [0.25, 0.3) is 5.56 Å². The number of carbonyl (C=O) groups excluding carboxylic acids is 1. The third-order valence-electron chi connectivity index (χ3n) is 5.82. The number of anilines is 2. The Kier molecular flexibility index (Phi) is 5.69. The Morgan fingerprint density at radius 1 is 1.07 bits per heavy atom. The van der Waals surface area contributed by atoms with E-state index in [9.17, 15) is 9.59 Å². The van der Waals surface area contributed by atoms with Gasteiger partial charge in [0.1, 0.15) is 5.75 Å². The molecule has 1 aromatic heterocycles. The van der Waals surface area contributed by atoms with Crippen molar-refractivity contribution in [2.45, 2.75) is 12.8 Å². The Balaban J connectivity index is 1.34. The van der Waals surface area contributed by atoms with Crippen LogP contribution >= 0.6 is 0 Å². The lowest BCUT2D eigenvalue weighted by molar-refractivity contribution is -0.136. The Hall–Kier alpha value is -3.03. The van der Waals surface area contributed by atoms with Crippen LogP contribution in [0.1, 0.15) is 12.8 Å². The Morgan fingerprint density at radius 3 is 2.52 bits per heavy atom. The van der Waals surface area contributed by atoms with Crippen LogP contribution in [0.15, 0.2) is 41.3 Å². The molecule has 4 rings (SSSR count). The molecule has 0 saturated carbocycles. The van der Waals surface area contributed by atoms with Gasteiger partial charge in [-0.3, -0.25) is 9.59 Å². The number of rotatable bonds is 4. The van der Waals surface area contributed by atoms with Gasteiger partial charge in [-0.2, -0.15) is 5.10 Å². The molecule has 0 spiro atoms. The molecule has 29 heavy (non-hydrogen) atoms. The lowest BCUT2D eigenvalue weighted by atomic mass is 9.96. The van der Waals surface area contributed by atoms with E-state index in [1.54, 1.807) is 19.4 Å². The molecular weight excluding hydrogens is 370 g/mol. The smallest absolute Gasteiger partial charge is 0.266 e. The highest BCUT2D eigenvalue weighted by Gasteiger charge is 2.31. The number of ether oxygens (including phenoxy) is 1. The predicted octanol–water partition coefficient (Wildman–Crippen LogP) is 1.34. The van der Waals surface area contributed by atoms with Crippen LogP contribution < -0.4 is 20.1 Å². The number of nitrogens with zero attached hydrogens (tertiary/aromatic N) is 4. The van der Waals surface area contributed by atoms with Crippen LogP contribution in [-0.4, -0.2) is 67.4 Å². The van der Waals surface area contributed by atoms with Crippen molar-refractivity contribution < 1.29 is 9.53 Å². The molecule has 1 atom stereocenters. The maximum absolute atomic E-state index is 13.1. The van der Waals surface area contributed by atoms with Gasteiger partial charge in [-0.1, -0.05) is 0 Å². The minimum atomic E-state index is -0.217. The van der Waals surface area contributed by atoms with Crippen molar-refractivity contribution in [2.75, 3.05) is 56.2 Å². The van der Waals surface area contributed by atoms with Gasteiger partial charge in [0.15, 0.2) is 0 Å². The Bertz CT molecular complexity index is 890. The molecule has 0 aliphatic carbocycles. The molecule has 3 heterocycles. The largest absolute Gasteiger partial charge is 0.497 e. The number of hydrogen-bond donors (Lipinski definition) is 1. The first kappa shape index (κ1) is 19.3. The van der Waals surface area contributed by atoms with Gasteiger partial charge in [0.2, 0.25) is 5.91 Å². The van der Waals surface area contributed by atoms with Crippen LogP contribution in [0.4, 0.5) is 11.4 Å². The lowest BCUT2D eigenvalue weighted by Gasteiger charge is -2.40. The number of amides is 1. The summed E-state index contributed by atoms with van der Waals surface area (Å²) in [5.41, 5.74) is 1.73. The van der Waals surface area contributed by atoms with Crippen LogP contribution in [0.3, 0.4) is 0 Å². The molecule has 154 valence electrons. The van der Waals surface area contributed by atoms with Gasteiger partial charge >= 0.3 is 0 Å². The van der Waals surface area contributed by atoms with Crippen molar-refractivity contribution >= 4 is 17.3 Å². The summed E-state index contributed by atoms with van der Waals surface area (Å²) in [6, 6.07) is 9.60. The standard InChI is InChI=1S/C21H27N5O3/c1-29-19-6-4-17(5-7-19)24-9-11-25(12-10-24)21(28)16-3-2-8-26(15-16)18-13-20(27)23-22-14-18/h4-7,13-14,16H,2-3,8-12,15H2,1H3,(H,23,27)/t16-/m1/s1. The predicted molar refractivity (Wildman–Crippen MR) is 112 cm³/mol. The molecule has 1 amide bonds. The van der Waals surface area contributed by atoms with Gasteiger partial charge in [-0.25, -0.2) is 5.10 Å². The summed E-state index contributed by atoms with van der Waals surface area (Å²) >= 11 is 0. The molecular formula is C21H27N5O3. The first-order valence-corrected chi connectivity index (χ1v) is 10.1. The average molecular weight is 397 g/mol. The van der Waals surface area contributed by atoms with Crippen LogP contribution in [0.2, 0.25) is 0 Å². The van der Waals surface area contributed by atoms with E-state index in [2.05, 4.69) is 32.1 Å². The maximum Gasteiger partial charge on any atom is 0.266 e. The third-order valence-corrected chi connectivity index (χ3v) is 5.82. The Morgan fingerprint density at radius 2 is 1.83 bits per heavy atom. The first-order valence-electron chi connectivity index (χ1n) is 10.1. The second kappa shape index (κ2) is 8.55. The molecule has 0 radical (unpaired) electrons. The van der Waals surface area contributed by atoms with E-state index in [0.29, 0.717) is 6.54 Å². The van der Waals surface area contributed by atoms with Crippen molar-refractivity contribution in [3.05, 3.63) is 46.9 Å². The molecule has 8 heteroatoms. The zero-order valence-corrected chi connectivity index (χ0v) is 16.7. The van der Waals surface area contributed by atoms with Crippen LogP contribution in [0, 0.1) is 5.92 Å². The number of methoxy groups -OCH3 is 1. The first-order chi connectivity index (χ1) is 14.1. The second-order valence-corrected chi connectivity index (χ2v) is 7.60. The van der Waals surface area contributed by atoms with Gasteiger partial charge in [-0.05, 0) is 37.1 Å². The van der Waals surface area contributed by atoms with E-state index in [0.717, 1.165) is 62.7 Å². The highest BCUT2D eigenvalue weighted by Crippen LogP contribution is 2.25. The number of aromatic amines is 1. The van der Waals surface area contributed by atoms with Crippen molar-refractivity contribution in [3.8, 4) is 5.75 Å². The fourth-order valence-corrected chi connectivity index (χ4v) is 4.19. The number of nitrogens with one attached hydrogen (secondary N) is 1. The van der Waals surface area contributed by atoms with Gasteiger partial charge in [0.05, 0.1) is 24.9 Å². The monoisotopic (exact) mass is 397 g/mol. The summed E-state index contributed by atoms with van der Waals surface area (Å²) < 4.78 is 5.22. The fraction of sp³-hybridized carbons (Fsp3) is 0.476. The highest BCUT2D eigenvalue weighted by molar-refractivity contribution is 5.80. The minimum absolute atomic E-state index is 0.0319. The summed E-state index contributed by atoms with van der Waals surface area (Å²) in [4.78, 5) is 31.0. The SMILES string of the molecule is COc1ccc(N2CCN(C(=O)[C@@H]3CCCN(c4cn[nH]c(=O)c4)C3)CC2)cc1. The molecule has 2 aromatic rings. The van der Waals surface area contributed by atoms with Crippen molar-refractivity contribution in [2.24, 2.45) is 5.92 Å². The summed E-state index contributed by atoms with van der Waals surface area (Å²) in [5.74, 6) is 1.04. The van der Waals surface area contributed by atoms with E-state index in [4.69, 9.17) is 4.74 Å². The van der Waals surface area contributed by atoms with Crippen LogP contribution in [0.5, 0.6) is 5.75 Å². The van der Waals surface area contributed by atoms with Crippen LogP contribution in [-0.2, 0) is 4.79 Å². The molecule has 2 aliphatic rings. The van der Waals surface area contributed by atoms with Crippen molar-refractivity contribution in [1.82, 2.24) is 15.1 Å². The van der Waals surface area contributed by atoms with Gasteiger partial charge < -0.3 is 19.4 Å². The topological polar surface area (TPSA) is 81.8 Å². The van der Waals surface area contributed by atoms with E-state index in [1.807, 2.05) is 17.0 Å². The number of aromatic nitrogens is 2. The molecule has 0 bridgehead atoms. The summed E-state index contributed by atoms with van der Waals surface area (Å²) in [6.07, 6.45) is 3.49. The second-order valence-electron chi connectivity index (χ2n) is 7.60.